The van der Waals surface area contributed by atoms with Gasteiger partial charge < -0.3 is 19.5 Å². The monoisotopic (exact) mass is 340 g/mol. The van der Waals surface area contributed by atoms with Crippen molar-refractivity contribution < 1.29 is 33.0 Å². The van der Waals surface area contributed by atoms with Gasteiger partial charge in [-0.2, -0.15) is 0 Å². The van der Waals surface area contributed by atoms with Crippen molar-refractivity contribution in [1.82, 2.24) is 9.55 Å². The van der Waals surface area contributed by atoms with Crippen molar-refractivity contribution in [3.05, 3.63) is 33.1 Å². The van der Waals surface area contributed by atoms with E-state index in [-0.39, 0.29) is 0 Å². The van der Waals surface area contributed by atoms with Crippen molar-refractivity contribution >= 4 is 8.25 Å². The average molecular weight is 340 g/mol. The summed E-state index contributed by atoms with van der Waals surface area (Å²) < 4.78 is 40.8. The molecule has 1 aliphatic heterocycles. The van der Waals surface area contributed by atoms with E-state index in [0.717, 1.165) is 19.4 Å². The third-order valence-electron chi connectivity index (χ3n) is 3.23. The number of hydrogen-bond donors (Lipinski definition) is 3. The zero-order valence-corrected chi connectivity index (χ0v) is 12.3. The van der Waals surface area contributed by atoms with Gasteiger partial charge in [-0.3, -0.25) is 23.4 Å². The molecule has 3 unspecified atom stereocenters. The van der Waals surface area contributed by atoms with E-state index in [0.29, 0.717) is 4.57 Å². The molecule has 0 bridgehead atoms. The third-order valence-corrected chi connectivity index (χ3v) is 3.69. The maximum Gasteiger partial charge on any atom is 0.330 e. The highest BCUT2D eigenvalue weighted by molar-refractivity contribution is 7.32. The number of nitrogens with one attached hydrogen (secondary N) is 1. The molecule has 0 radical (unpaired) electrons. The highest BCUT2D eigenvalue weighted by atomic mass is 31.1. The summed E-state index contributed by atoms with van der Waals surface area (Å²) in [6.45, 7) is -0.891. The molecule has 1 fully saturated rings. The van der Waals surface area contributed by atoms with E-state index in [1.807, 2.05) is 4.98 Å². The van der Waals surface area contributed by atoms with Crippen LogP contribution in [-0.4, -0.2) is 51.3 Å². The number of aliphatic hydroxyl groups is 1. The minimum atomic E-state index is -3.57. The molecular formula is C10H14FN2O8P. The van der Waals surface area contributed by atoms with E-state index in [2.05, 4.69) is 4.52 Å². The molecule has 1 aromatic heterocycles. The van der Waals surface area contributed by atoms with Gasteiger partial charge >= 0.3 is 13.9 Å². The summed E-state index contributed by atoms with van der Waals surface area (Å²) in [5, 5.41) is 9.38. The summed E-state index contributed by atoms with van der Waals surface area (Å²) in [6.07, 6.45) is -4.50. The van der Waals surface area contributed by atoms with Crippen LogP contribution in [0.2, 0.25) is 0 Å². The van der Waals surface area contributed by atoms with Gasteiger partial charge in [-0.1, -0.05) is 0 Å². The molecule has 12 heteroatoms. The largest absolute Gasteiger partial charge is 0.391 e. The topological polar surface area (TPSA) is 140 Å². The van der Waals surface area contributed by atoms with Crippen LogP contribution < -0.4 is 11.2 Å². The molecule has 0 spiro atoms. The minimum absolute atomic E-state index is 0.692. The summed E-state index contributed by atoms with van der Waals surface area (Å²) in [7, 11) is -2.49. The van der Waals surface area contributed by atoms with E-state index in [9.17, 15) is 23.7 Å². The Labute approximate surface area is 123 Å². The molecule has 124 valence electrons. The molecule has 5 atom stereocenters. The maximum atomic E-state index is 14.5. The molecule has 0 saturated carbocycles. The van der Waals surface area contributed by atoms with E-state index in [1.54, 1.807) is 0 Å². The molecule has 22 heavy (non-hydrogen) atoms. The lowest BCUT2D eigenvalue weighted by atomic mass is 10.1. The lowest BCUT2D eigenvalue weighted by molar-refractivity contribution is -0.266. The highest BCUT2D eigenvalue weighted by Gasteiger charge is 2.59. The van der Waals surface area contributed by atoms with Crippen molar-refractivity contribution in [2.45, 2.75) is 24.3 Å². The number of H-pyrrole nitrogens is 1. The van der Waals surface area contributed by atoms with Crippen LogP contribution in [0, 0.1) is 0 Å². The first kappa shape index (κ1) is 17.0. The normalized spacial score (nSPS) is 33.0. The summed E-state index contributed by atoms with van der Waals surface area (Å²) in [4.78, 5) is 33.5. The second-order valence-corrected chi connectivity index (χ2v) is 5.22. The van der Waals surface area contributed by atoms with E-state index in [4.69, 9.17) is 14.4 Å². The predicted molar refractivity (Wildman–Crippen MR) is 69.3 cm³/mol. The lowest BCUT2D eigenvalue weighted by Crippen LogP contribution is -2.47. The zero-order valence-electron chi connectivity index (χ0n) is 11.3. The van der Waals surface area contributed by atoms with E-state index < -0.39 is 50.4 Å². The zero-order chi connectivity index (χ0) is 16.5. The number of nitrogens with zero attached hydrogens (tertiary/aromatic N) is 1. The third kappa shape index (κ3) is 2.91. The smallest absolute Gasteiger partial charge is 0.330 e. The molecule has 1 aromatic rings. The number of aliphatic hydroxyl groups excluding tert-OH is 1. The molecule has 3 N–H and O–H groups in total. The Morgan fingerprint density at radius 2 is 2.27 bits per heavy atom. The number of ether oxygens (including phenoxy) is 2. The van der Waals surface area contributed by atoms with Crippen LogP contribution in [0.4, 0.5) is 4.39 Å². The highest BCUT2D eigenvalue weighted by Crippen LogP contribution is 2.43. The Balaban J connectivity index is 2.45. The Morgan fingerprint density at radius 3 is 2.77 bits per heavy atom. The fraction of sp³-hybridized carbons (Fsp3) is 0.600. The molecular weight excluding hydrogens is 326 g/mol. The van der Waals surface area contributed by atoms with Crippen molar-refractivity contribution in [3.63, 3.8) is 0 Å². The first-order valence-electron chi connectivity index (χ1n) is 6.03. The second kappa shape index (κ2) is 6.41. The van der Waals surface area contributed by atoms with Crippen LogP contribution in [-0.2, 0) is 18.6 Å². The van der Waals surface area contributed by atoms with E-state index >= 15 is 0 Å². The Hall–Kier alpha value is -1.36. The average Bonchev–Trinajstić information content (AvgIpc) is 2.73. The van der Waals surface area contributed by atoms with E-state index in [1.165, 1.54) is 0 Å². The van der Waals surface area contributed by atoms with Crippen LogP contribution >= 0.6 is 8.25 Å². The molecule has 0 aromatic carbocycles. The summed E-state index contributed by atoms with van der Waals surface area (Å²) in [5.41, 5.74) is -1.65. The quantitative estimate of drug-likeness (QED) is 0.551. The lowest BCUT2D eigenvalue weighted by Gasteiger charge is -2.29. The molecule has 1 aliphatic rings. The molecule has 1 saturated heterocycles. The van der Waals surface area contributed by atoms with Gasteiger partial charge in [-0.15, -0.1) is 0 Å². The van der Waals surface area contributed by atoms with Crippen molar-refractivity contribution in [1.29, 1.82) is 0 Å². The first-order chi connectivity index (χ1) is 10.3. The SMILES string of the molecule is CO[C@]1(CO)O[C@@H](n2ccc(=O)[nH]c2=O)C(F)C1O[PH](=O)O. The van der Waals surface area contributed by atoms with Gasteiger partial charge in [0.2, 0.25) is 5.79 Å². The number of hydrogen-bond acceptors (Lipinski definition) is 7. The number of aromatic nitrogens is 2. The second-order valence-electron chi connectivity index (χ2n) is 4.45. The van der Waals surface area contributed by atoms with Crippen LogP contribution in [0.5, 0.6) is 0 Å². The van der Waals surface area contributed by atoms with Crippen molar-refractivity contribution in [3.8, 4) is 0 Å². The maximum absolute atomic E-state index is 14.5. The molecule has 2 rings (SSSR count). The molecule has 0 aliphatic carbocycles. The van der Waals surface area contributed by atoms with Crippen molar-refractivity contribution in [2.24, 2.45) is 0 Å². The van der Waals surface area contributed by atoms with Gasteiger partial charge in [0, 0.05) is 19.4 Å². The summed E-state index contributed by atoms with van der Waals surface area (Å²) >= 11 is 0. The van der Waals surface area contributed by atoms with Crippen LogP contribution in [0.1, 0.15) is 6.23 Å². The first-order valence-corrected chi connectivity index (χ1v) is 7.30. The summed E-state index contributed by atoms with van der Waals surface area (Å²) in [5.74, 6) is -2.07. The number of aromatic amines is 1. The van der Waals surface area contributed by atoms with Crippen LogP contribution in [0.3, 0.4) is 0 Å². The van der Waals surface area contributed by atoms with Gasteiger partial charge in [-0.05, 0) is 0 Å². The van der Waals surface area contributed by atoms with Gasteiger partial charge in [-0.25, -0.2) is 9.18 Å². The number of methoxy groups -OCH3 is 1. The van der Waals surface area contributed by atoms with Crippen molar-refractivity contribution in [2.75, 3.05) is 13.7 Å². The van der Waals surface area contributed by atoms with Gasteiger partial charge in [0.1, 0.15) is 6.61 Å². The van der Waals surface area contributed by atoms with Gasteiger partial charge in [0.15, 0.2) is 18.5 Å². The number of halogens is 1. The van der Waals surface area contributed by atoms with Gasteiger partial charge in [0.05, 0.1) is 0 Å². The van der Waals surface area contributed by atoms with Crippen LogP contribution in [0.15, 0.2) is 21.9 Å². The fourth-order valence-corrected chi connectivity index (χ4v) is 2.71. The Morgan fingerprint density at radius 1 is 1.59 bits per heavy atom. The number of alkyl halides is 1. The predicted octanol–water partition coefficient (Wildman–Crippen LogP) is -1.49. The number of rotatable bonds is 5. The summed E-state index contributed by atoms with van der Waals surface area (Å²) in [6, 6.07) is 0.966. The molecule has 0 amide bonds. The Kier molecular flexibility index (Phi) is 4.95. The van der Waals surface area contributed by atoms with Crippen LogP contribution in [0.25, 0.3) is 0 Å². The minimum Gasteiger partial charge on any atom is -0.391 e. The molecule has 10 nitrogen and oxygen atoms in total. The standard InChI is InChI=1S/C10H14FN2O8P/c1-19-10(4-14)7(21-22(17)18)6(11)8(20-10)13-3-2-5(15)12-9(13)16/h2-3,6-8,14,22H,4H2,1H3,(H,17,18)(H,12,15,16)/t6?,7?,8-,10-/m1/s1. The van der Waals surface area contributed by atoms with Gasteiger partial charge in [0.25, 0.3) is 5.56 Å². The fourth-order valence-electron chi connectivity index (χ4n) is 2.19. The Bertz CT molecular complexity index is 671. The molecule has 2 heterocycles.